The molecule has 0 unspecified atom stereocenters. The summed E-state index contributed by atoms with van der Waals surface area (Å²) in [6.45, 7) is -0.422. The number of aromatic nitrogens is 1. The zero-order valence-corrected chi connectivity index (χ0v) is 9.12. The first-order chi connectivity index (χ1) is 8.15. The van der Waals surface area contributed by atoms with Gasteiger partial charge in [0.25, 0.3) is 6.23 Å². The molecule has 0 aliphatic carbocycles. The van der Waals surface area contributed by atoms with Crippen molar-refractivity contribution in [1.29, 1.82) is 0 Å². The van der Waals surface area contributed by atoms with E-state index in [-0.39, 0.29) is 0 Å². The summed E-state index contributed by atoms with van der Waals surface area (Å²) < 4.78 is 6.94. The Morgan fingerprint density at radius 2 is 1.59 bits per heavy atom. The van der Waals surface area contributed by atoms with E-state index < -0.39 is 37.3 Å². The van der Waals surface area contributed by atoms with Crippen LogP contribution in [0.2, 0.25) is 0 Å². The molecule has 94 valence electrons. The molecule has 2 rings (SSSR count). The second kappa shape index (κ2) is 5.07. The summed E-state index contributed by atoms with van der Waals surface area (Å²) in [6.07, 6.45) is -2.29. The molecule has 0 aromatic carbocycles. The van der Waals surface area contributed by atoms with Gasteiger partial charge in [-0.3, -0.25) is 0 Å². The van der Waals surface area contributed by atoms with Crippen molar-refractivity contribution in [3.8, 4) is 0 Å². The molecule has 0 spiro atoms. The molecule has 6 nitrogen and oxygen atoms in total. The van der Waals surface area contributed by atoms with E-state index in [0.29, 0.717) is 0 Å². The third kappa shape index (κ3) is 2.31. The van der Waals surface area contributed by atoms with Crippen LogP contribution < -0.4 is 4.57 Å². The van der Waals surface area contributed by atoms with Crippen LogP contribution in [0.5, 0.6) is 0 Å². The van der Waals surface area contributed by atoms with E-state index in [1.54, 1.807) is 35.2 Å². The van der Waals surface area contributed by atoms with Crippen molar-refractivity contribution >= 4 is 0 Å². The number of ether oxygens (including phenoxy) is 1. The highest BCUT2D eigenvalue weighted by Gasteiger charge is 2.47. The van der Waals surface area contributed by atoms with Crippen molar-refractivity contribution in [2.24, 2.45) is 0 Å². The number of rotatable bonds is 2. The molecule has 6 heteroatoms. The number of hydrogen-bond acceptors (Lipinski definition) is 5. The van der Waals surface area contributed by atoms with Crippen molar-refractivity contribution < 1.29 is 29.7 Å². The Morgan fingerprint density at radius 1 is 0.941 bits per heavy atom. The Morgan fingerprint density at radius 3 is 2.18 bits per heavy atom. The van der Waals surface area contributed by atoms with Crippen LogP contribution in [0, 0.1) is 0 Å². The summed E-state index contributed by atoms with van der Waals surface area (Å²) >= 11 is 0. The minimum atomic E-state index is -1.35. The van der Waals surface area contributed by atoms with Crippen LogP contribution in [0.3, 0.4) is 0 Å². The first-order valence-electron chi connectivity index (χ1n) is 5.41. The van der Waals surface area contributed by atoms with Gasteiger partial charge in [-0.15, -0.1) is 0 Å². The van der Waals surface area contributed by atoms with E-state index in [1.807, 2.05) is 0 Å². The highest BCUT2D eigenvalue weighted by atomic mass is 16.6. The summed E-state index contributed by atoms with van der Waals surface area (Å²) in [4.78, 5) is 0. The van der Waals surface area contributed by atoms with E-state index in [2.05, 4.69) is 0 Å². The molecular formula is C11H16NO5+. The normalized spacial score (nSPS) is 38.0. The lowest BCUT2D eigenvalue weighted by Gasteiger charge is -2.36. The Labute approximate surface area is 98.3 Å². The van der Waals surface area contributed by atoms with Gasteiger partial charge in [0.15, 0.2) is 18.5 Å². The summed E-state index contributed by atoms with van der Waals surface area (Å²) in [5, 5.41) is 38.1. The molecule has 0 saturated carbocycles. The van der Waals surface area contributed by atoms with Gasteiger partial charge in [-0.05, 0) is 0 Å². The Hall–Kier alpha value is -1.05. The molecule has 0 radical (unpaired) electrons. The highest BCUT2D eigenvalue weighted by molar-refractivity contribution is 4.89. The van der Waals surface area contributed by atoms with E-state index >= 15 is 0 Å². The van der Waals surface area contributed by atoms with Crippen LogP contribution in [0.15, 0.2) is 30.6 Å². The molecule has 1 aromatic heterocycles. The van der Waals surface area contributed by atoms with Gasteiger partial charge in [-0.1, -0.05) is 6.07 Å². The number of nitrogens with zero attached hydrogens (tertiary/aromatic N) is 1. The molecule has 0 amide bonds. The van der Waals surface area contributed by atoms with Gasteiger partial charge < -0.3 is 25.2 Å². The molecule has 2 heterocycles. The van der Waals surface area contributed by atoms with Gasteiger partial charge in [-0.25, -0.2) is 0 Å². The Balaban J connectivity index is 2.23. The van der Waals surface area contributed by atoms with Gasteiger partial charge in [0.05, 0.1) is 6.61 Å². The SMILES string of the molecule is OC[C@H]1O[C@H]([n+]2ccccc2)[C@H](O)[C@@H](O)[C@@H]1O. The first-order valence-corrected chi connectivity index (χ1v) is 5.41. The molecule has 5 atom stereocenters. The highest BCUT2D eigenvalue weighted by Crippen LogP contribution is 2.24. The monoisotopic (exact) mass is 242 g/mol. The van der Waals surface area contributed by atoms with Crippen molar-refractivity contribution in [2.75, 3.05) is 6.61 Å². The van der Waals surface area contributed by atoms with Crippen LogP contribution in [0.4, 0.5) is 0 Å². The van der Waals surface area contributed by atoms with E-state index in [9.17, 15) is 15.3 Å². The molecule has 1 aliphatic heterocycles. The molecule has 1 saturated heterocycles. The zero-order valence-electron chi connectivity index (χ0n) is 9.12. The lowest BCUT2D eigenvalue weighted by molar-refractivity contribution is -0.778. The molecule has 1 aliphatic rings. The van der Waals surface area contributed by atoms with E-state index in [1.165, 1.54) is 0 Å². The predicted molar refractivity (Wildman–Crippen MR) is 55.7 cm³/mol. The molecule has 1 fully saturated rings. The standard InChI is InChI=1S/C11H16NO5/c13-6-7-8(14)9(15)10(16)11(17-7)12-4-2-1-3-5-12/h1-5,7-11,13-16H,6H2/q+1/t7-,8-,9+,10-,11+/m1/s1. The summed E-state index contributed by atoms with van der Waals surface area (Å²) in [5.41, 5.74) is 0. The zero-order chi connectivity index (χ0) is 12.4. The van der Waals surface area contributed by atoms with Crippen LogP contribution in [0.25, 0.3) is 0 Å². The van der Waals surface area contributed by atoms with Crippen LogP contribution in [-0.2, 0) is 4.74 Å². The molecule has 17 heavy (non-hydrogen) atoms. The maximum absolute atomic E-state index is 9.84. The number of hydrogen-bond donors (Lipinski definition) is 4. The third-order valence-electron chi connectivity index (χ3n) is 2.90. The maximum Gasteiger partial charge on any atom is 0.292 e. The lowest BCUT2D eigenvalue weighted by atomic mass is 9.98. The lowest BCUT2D eigenvalue weighted by Crippen LogP contribution is -2.62. The van der Waals surface area contributed by atoms with E-state index in [0.717, 1.165) is 0 Å². The predicted octanol–water partition coefficient (Wildman–Crippen LogP) is -2.05. The Kier molecular flexibility index (Phi) is 3.70. The molecule has 1 aromatic rings. The molecular weight excluding hydrogens is 226 g/mol. The summed E-state index contributed by atoms with van der Waals surface area (Å²) in [6, 6.07) is 5.31. The topological polar surface area (TPSA) is 94.0 Å². The van der Waals surface area contributed by atoms with Crippen molar-refractivity contribution in [3.63, 3.8) is 0 Å². The van der Waals surface area contributed by atoms with Crippen molar-refractivity contribution in [2.45, 2.75) is 30.6 Å². The van der Waals surface area contributed by atoms with Crippen LogP contribution in [0.1, 0.15) is 6.23 Å². The third-order valence-corrected chi connectivity index (χ3v) is 2.90. The smallest absolute Gasteiger partial charge is 0.292 e. The van der Waals surface area contributed by atoms with Gasteiger partial charge in [0, 0.05) is 12.1 Å². The second-order valence-electron chi connectivity index (χ2n) is 4.04. The van der Waals surface area contributed by atoms with Crippen LogP contribution >= 0.6 is 0 Å². The number of pyridine rings is 1. The molecule has 0 bridgehead atoms. The summed E-state index contributed by atoms with van der Waals surface area (Å²) in [5.74, 6) is 0. The second-order valence-corrected chi connectivity index (χ2v) is 4.04. The largest absolute Gasteiger partial charge is 0.394 e. The first kappa shape index (κ1) is 12.4. The van der Waals surface area contributed by atoms with Crippen molar-refractivity contribution in [1.82, 2.24) is 0 Å². The fourth-order valence-electron chi connectivity index (χ4n) is 1.91. The van der Waals surface area contributed by atoms with E-state index in [4.69, 9.17) is 9.84 Å². The number of aliphatic hydroxyl groups is 4. The van der Waals surface area contributed by atoms with Gasteiger partial charge >= 0.3 is 0 Å². The van der Waals surface area contributed by atoms with Gasteiger partial charge in [0.1, 0.15) is 18.3 Å². The van der Waals surface area contributed by atoms with Crippen LogP contribution in [-0.4, -0.2) is 51.4 Å². The minimum Gasteiger partial charge on any atom is -0.394 e. The Bertz CT molecular complexity index is 358. The average Bonchev–Trinajstić information content (AvgIpc) is 2.37. The fourth-order valence-corrected chi connectivity index (χ4v) is 1.91. The summed E-state index contributed by atoms with van der Waals surface area (Å²) in [7, 11) is 0. The van der Waals surface area contributed by atoms with Gasteiger partial charge in [-0.2, -0.15) is 4.57 Å². The fraction of sp³-hybridized carbons (Fsp3) is 0.545. The quantitative estimate of drug-likeness (QED) is 0.448. The van der Waals surface area contributed by atoms with Gasteiger partial charge in [0.2, 0.25) is 0 Å². The maximum atomic E-state index is 9.84. The number of aliphatic hydroxyl groups excluding tert-OH is 4. The minimum absolute atomic E-state index is 0.422. The molecule has 4 N–H and O–H groups in total. The average molecular weight is 242 g/mol. The van der Waals surface area contributed by atoms with Crippen molar-refractivity contribution in [3.05, 3.63) is 30.6 Å².